The molecular weight excluding hydrogens is 208 g/mol. The Balaban J connectivity index is 4.14. The Labute approximate surface area is 96.3 Å². The van der Waals surface area contributed by atoms with Crippen molar-refractivity contribution in [3.8, 4) is 0 Å². The van der Waals surface area contributed by atoms with Crippen LogP contribution in [0.5, 0.6) is 0 Å². The van der Waals surface area contributed by atoms with E-state index in [0.717, 1.165) is 13.1 Å². The number of rotatable bonds is 8. The van der Waals surface area contributed by atoms with Gasteiger partial charge in [0.05, 0.1) is 0 Å². The van der Waals surface area contributed by atoms with E-state index in [1.165, 1.54) is 0 Å². The highest BCUT2D eigenvalue weighted by molar-refractivity contribution is 5.75. The van der Waals surface area contributed by atoms with E-state index < -0.39 is 12.0 Å². The van der Waals surface area contributed by atoms with E-state index in [4.69, 9.17) is 16.6 Å². The van der Waals surface area contributed by atoms with Crippen LogP contribution in [0.1, 0.15) is 26.7 Å². The minimum absolute atomic E-state index is 0.0507. The third-order valence-electron chi connectivity index (χ3n) is 2.47. The van der Waals surface area contributed by atoms with Gasteiger partial charge in [0.2, 0.25) is 0 Å². The van der Waals surface area contributed by atoms with Gasteiger partial charge in [-0.2, -0.15) is 0 Å². The van der Waals surface area contributed by atoms with Gasteiger partial charge in [-0.15, -0.1) is 0 Å². The monoisotopic (exact) mass is 230 g/mol. The normalized spacial score (nSPS) is 12.4. The van der Waals surface area contributed by atoms with Crippen LogP contribution in [0.2, 0.25) is 0 Å². The van der Waals surface area contributed by atoms with Crippen LogP contribution in [0.4, 0.5) is 0 Å². The third kappa shape index (κ3) is 5.55. The number of likely N-dealkylation sites (N-methyl/N-ethyl adjacent to an activating group) is 1. The van der Waals surface area contributed by atoms with Crippen LogP contribution < -0.4 is 11.5 Å². The first kappa shape index (κ1) is 14.7. The number of carboxylic acid groups (broad SMARTS) is 1. The molecule has 0 heterocycles. The van der Waals surface area contributed by atoms with E-state index >= 15 is 0 Å². The van der Waals surface area contributed by atoms with Crippen LogP contribution in [0, 0.1) is 0 Å². The lowest BCUT2D eigenvalue weighted by Crippen LogP contribution is -2.41. The van der Waals surface area contributed by atoms with E-state index in [-0.39, 0.29) is 5.96 Å². The van der Waals surface area contributed by atoms with Crippen LogP contribution in [0.25, 0.3) is 0 Å². The number of carboxylic acids is 1. The molecule has 16 heavy (non-hydrogen) atoms. The molecule has 1 atom stereocenters. The molecule has 0 aromatic rings. The predicted molar refractivity (Wildman–Crippen MR) is 64.3 cm³/mol. The molecular formula is C10H22N4O2. The van der Waals surface area contributed by atoms with Gasteiger partial charge in [0.15, 0.2) is 5.96 Å². The number of hydrogen-bond donors (Lipinski definition) is 3. The van der Waals surface area contributed by atoms with Gasteiger partial charge in [0, 0.05) is 6.54 Å². The zero-order valence-electron chi connectivity index (χ0n) is 10.0. The standard InChI is InChI=1S/C10H22N4O2/c1-3-14(4-2)8(9(15)16)6-5-7-13-10(11)12/h8H,3-7H2,1-2H3,(H,15,16)(H4,11,12,13)/t8-/m1/s1. The maximum atomic E-state index is 11.1. The molecule has 0 amide bonds. The van der Waals surface area contributed by atoms with Crippen molar-refractivity contribution in [2.45, 2.75) is 32.7 Å². The molecule has 0 saturated heterocycles. The van der Waals surface area contributed by atoms with Crippen LogP contribution >= 0.6 is 0 Å². The van der Waals surface area contributed by atoms with E-state index in [9.17, 15) is 4.79 Å². The molecule has 94 valence electrons. The summed E-state index contributed by atoms with van der Waals surface area (Å²) in [7, 11) is 0. The maximum absolute atomic E-state index is 11.1. The van der Waals surface area contributed by atoms with Crippen molar-refractivity contribution in [3.63, 3.8) is 0 Å². The van der Waals surface area contributed by atoms with Crippen molar-refractivity contribution in [2.24, 2.45) is 16.5 Å². The molecule has 0 bridgehead atoms. The Morgan fingerprint density at radius 3 is 2.31 bits per heavy atom. The first-order valence-electron chi connectivity index (χ1n) is 5.55. The third-order valence-corrected chi connectivity index (χ3v) is 2.47. The van der Waals surface area contributed by atoms with E-state index in [2.05, 4.69) is 4.99 Å². The van der Waals surface area contributed by atoms with Crippen molar-refractivity contribution in [2.75, 3.05) is 19.6 Å². The smallest absolute Gasteiger partial charge is 0.320 e. The second kappa shape index (κ2) is 7.92. The van der Waals surface area contributed by atoms with Crippen molar-refractivity contribution in [3.05, 3.63) is 0 Å². The molecule has 0 aromatic heterocycles. The number of hydrogen-bond acceptors (Lipinski definition) is 3. The van der Waals surface area contributed by atoms with Gasteiger partial charge < -0.3 is 16.6 Å². The molecule has 0 aromatic carbocycles. The largest absolute Gasteiger partial charge is 0.480 e. The molecule has 6 heteroatoms. The van der Waals surface area contributed by atoms with E-state index in [1.54, 1.807) is 0 Å². The molecule has 0 aliphatic heterocycles. The quantitative estimate of drug-likeness (QED) is 0.305. The highest BCUT2D eigenvalue weighted by Crippen LogP contribution is 2.07. The van der Waals surface area contributed by atoms with Gasteiger partial charge in [-0.05, 0) is 25.9 Å². The summed E-state index contributed by atoms with van der Waals surface area (Å²) in [5, 5.41) is 9.09. The first-order chi connectivity index (χ1) is 7.52. The van der Waals surface area contributed by atoms with Crippen LogP contribution in [0.3, 0.4) is 0 Å². The van der Waals surface area contributed by atoms with Gasteiger partial charge in [-0.1, -0.05) is 13.8 Å². The minimum atomic E-state index is -0.784. The molecule has 0 saturated carbocycles. The second-order valence-electron chi connectivity index (χ2n) is 3.52. The summed E-state index contributed by atoms with van der Waals surface area (Å²) < 4.78 is 0. The lowest BCUT2D eigenvalue weighted by atomic mass is 10.1. The first-order valence-corrected chi connectivity index (χ1v) is 5.55. The van der Waals surface area contributed by atoms with Crippen LogP contribution in [0.15, 0.2) is 4.99 Å². The summed E-state index contributed by atoms with van der Waals surface area (Å²) in [6.45, 7) is 5.85. The molecule has 0 spiro atoms. The van der Waals surface area contributed by atoms with Gasteiger partial charge in [0.1, 0.15) is 6.04 Å². The van der Waals surface area contributed by atoms with Crippen LogP contribution in [-0.4, -0.2) is 47.6 Å². The SMILES string of the molecule is CCN(CC)[C@H](CCCN=C(N)N)C(=O)O. The molecule has 5 N–H and O–H groups in total. The number of aliphatic carboxylic acids is 1. The fraction of sp³-hybridized carbons (Fsp3) is 0.800. The lowest BCUT2D eigenvalue weighted by Gasteiger charge is -2.25. The summed E-state index contributed by atoms with van der Waals surface area (Å²) in [6.07, 6.45) is 1.24. The van der Waals surface area contributed by atoms with Crippen molar-refractivity contribution >= 4 is 11.9 Å². The van der Waals surface area contributed by atoms with Gasteiger partial charge in [0.25, 0.3) is 0 Å². The van der Waals surface area contributed by atoms with Gasteiger partial charge >= 0.3 is 5.97 Å². The summed E-state index contributed by atoms with van der Waals surface area (Å²) in [6, 6.07) is -0.441. The Kier molecular flexibility index (Phi) is 7.28. The topological polar surface area (TPSA) is 105 Å². The molecule has 0 rings (SSSR count). The summed E-state index contributed by atoms with van der Waals surface area (Å²) in [4.78, 5) is 16.8. The van der Waals surface area contributed by atoms with Crippen molar-refractivity contribution in [1.82, 2.24) is 4.90 Å². The molecule has 0 aliphatic rings. The number of carbonyl (C=O) groups is 1. The zero-order chi connectivity index (χ0) is 12.6. The van der Waals surface area contributed by atoms with E-state index in [1.807, 2.05) is 18.7 Å². The summed E-state index contributed by atoms with van der Waals surface area (Å²) in [5.74, 6) is -0.733. The molecule has 0 unspecified atom stereocenters. The number of nitrogens with zero attached hydrogens (tertiary/aromatic N) is 2. The fourth-order valence-electron chi connectivity index (χ4n) is 1.62. The zero-order valence-corrected chi connectivity index (χ0v) is 10.0. The Hall–Kier alpha value is -1.30. The minimum Gasteiger partial charge on any atom is -0.480 e. The average Bonchev–Trinajstić information content (AvgIpc) is 2.22. The molecule has 0 aliphatic carbocycles. The second-order valence-corrected chi connectivity index (χ2v) is 3.52. The fourth-order valence-corrected chi connectivity index (χ4v) is 1.62. The van der Waals surface area contributed by atoms with Gasteiger partial charge in [-0.3, -0.25) is 14.7 Å². The highest BCUT2D eigenvalue weighted by Gasteiger charge is 2.22. The number of nitrogens with two attached hydrogens (primary N) is 2. The van der Waals surface area contributed by atoms with Crippen LogP contribution in [-0.2, 0) is 4.79 Å². The Bertz CT molecular complexity index is 235. The van der Waals surface area contributed by atoms with Crippen molar-refractivity contribution < 1.29 is 9.90 Å². The highest BCUT2D eigenvalue weighted by atomic mass is 16.4. The lowest BCUT2D eigenvalue weighted by molar-refractivity contribution is -0.143. The average molecular weight is 230 g/mol. The number of aliphatic imine (C=N–C) groups is 1. The summed E-state index contributed by atoms with van der Waals surface area (Å²) >= 11 is 0. The predicted octanol–water partition coefficient (Wildman–Crippen LogP) is -0.165. The van der Waals surface area contributed by atoms with E-state index in [0.29, 0.717) is 19.4 Å². The maximum Gasteiger partial charge on any atom is 0.320 e. The molecule has 6 nitrogen and oxygen atoms in total. The summed E-state index contributed by atoms with van der Waals surface area (Å²) in [5.41, 5.74) is 10.4. The number of guanidine groups is 1. The molecule has 0 fully saturated rings. The Morgan fingerprint density at radius 2 is 1.94 bits per heavy atom. The Morgan fingerprint density at radius 1 is 1.38 bits per heavy atom. The molecule has 0 radical (unpaired) electrons. The van der Waals surface area contributed by atoms with Gasteiger partial charge in [-0.25, -0.2) is 0 Å². The van der Waals surface area contributed by atoms with Crippen molar-refractivity contribution in [1.29, 1.82) is 0 Å².